The average molecular weight is 376 g/mol. The SMILES string of the molecule is Cc1ccccc1C(=O)NC(C(=O)Nc1ccc(OC(F)F)cc1)C(C)C. The summed E-state index contributed by atoms with van der Waals surface area (Å²) in [6.07, 6.45) is 0. The van der Waals surface area contributed by atoms with Crippen molar-refractivity contribution in [3.05, 3.63) is 59.7 Å². The number of benzene rings is 2. The van der Waals surface area contributed by atoms with Crippen LogP contribution < -0.4 is 15.4 Å². The highest BCUT2D eigenvalue weighted by molar-refractivity contribution is 6.01. The zero-order chi connectivity index (χ0) is 20.0. The molecule has 5 nitrogen and oxygen atoms in total. The number of carbonyl (C=O) groups excluding carboxylic acids is 2. The minimum atomic E-state index is -2.91. The zero-order valence-corrected chi connectivity index (χ0v) is 15.3. The van der Waals surface area contributed by atoms with Gasteiger partial charge in [-0.05, 0) is 48.7 Å². The summed E-state index contributed by atoms with van der Waals surface area (Å²) in [5.41, 5.74) is 1.73. The first-order chi connectivity index (χ1) is 12.8. The third-order valence-electron chi connectivity index (χ3n) is 3.97. The van der Waals surface area contributed by atoms with Crippen LogP contribution in [0, 0.1) is 12.8 Å². The lowest BCUT2D eigenvalue weighted by atomic mass is 10.0. The molecule has 0 saturated heterocycles. The van der Waals surface area contributed by atoms with Crippen molar-refractivity contribution < 1.29 is 23.1 Å². The van der Waals surface area contributed by atoms with E-state index in [9.17, 15) is 18.4 Å². The minimum absolute atomic E-state index is 0.00346. The Hall–Kier alpha value is -2.96. The van der Waals surface area contributed by atoms with E-state index in [2.05, 4.69) is 15.4 Å². The summed E-state index contributed by atoms with van der Waals surface area (Å²) in [6, 6.07) is 11.9. The highest BCUT2D eigenvalue weighted by Gasteiger charge is 2.25. The molecule has 2 aromatic carbocycles. The van der Waals surface area contributed by atoms with E-state index >= 15 is 0 Å². The van der Waals surface area contributed by atoms with Gasteiger partial charge in [0, 0.05) is 11.3 Å². The van der Waals surface area contributed by atoms with E-state index in [-0.39, 0.29) is 17.6 Å². The molecule has 1 atom stereocenters. The molecule has 2 N–H and O–H groups in total. The van der Waals surface area contributed by atoms with Crippen molar-refractivity contribution in [1.82, 2.24) is 5.32 Å². The number of hydrogen-bond donors (Lipinski definition) is 2. The van der Waals surface area contributed by atoms with Crippen molar-refractivity contribution in [1.29, 1.82) is 0 Å². The summed E-state index contributed by atoms with van der Waals surface area (Å²) in [7, 11) is 0. The van der Waals surface area contributed by atoms with Gasteiger partial charge in [-0.3, -0.25) is 9.59 Å². The first-order valence-corrected chi connectivity index (χ1v) is 8.50. The molecular formula is C20H22F2N2O3. The predicted molar refractivity (Wildman–Crippen MR) is 99.0 cm³/mol. The maximum absolute atomic E-state index is 12.6. The smallest absolute Gasteiger partial charge is 0.387 e. The first-order valence-electron chi connectivity index (χ1n) is 8.50. The molecule has 0 aromatic heterocycles. The first kappa shape index (κ1) is 20.4. The lowest BCUT2D eigenvalue weighted by molar-refractivity contribution is -0.118. The van der Waals surface area contributed by atoms with Crippen LogP contribution in [0.15, 0.2) is 48.5 Å². The summed E-state index contributed by atoms with van der Waals surface area (Å²) in [5.74, 6) is -0.882. The highest BCUT2D eigenvalue weighted by Crippen LogP contribution is 2.18. The molecule has 2 rings (SSSR count). The summed E-state index contributed by atoms with van der Waals surface area (Å²) >= 11 is 0. The Balaban J connectivity index is 2.06. The quantitative estimate of drug-likeness (QED) is 0.768. The molecular weight excluding hydrogens is 354 g/mol. The Morgan fingerprint density at radius 2 is 1.63 bits per heavy atom. The van der Waals surface area contributed by atoms with Crippen LogP contribution in [-0.4, -0.2) is 24.5 Å². The van der Waals surface area contributed by atoms with Gasteiger partial charge < -0.3 is 15.4 Å². The Morgan fingerprint density at radius 1 is 1.00 bits per heavy atom. The van der Waals surface area contributed by atoms with Crippen LogP contribution in [0.25, 0.3) is 0 Å². The molecule has 1 unspecified atom stereocenters. The molecule has 0 saturated carbocycles. The van der Waals surface area contributed by atoms with E-state index in [1.807, 2.05) is 32.9 Å². The van der Waals surface area contributed by atoms with E-state index < -0.39 is 18.6 Å². The van der Waals surface area contributed by atoms with Crippen LogP contribution in [0.2, 0.25) is 0 Å². The second-order valence-electron chi connectivity index (χ2n) is 6.40. The van der Waals surface area contributed by atoms with Crippen LogP contribution in [0.1, 0.15) is 29.8 Å². The fourth-order valence-electron chi connectivity index (χ4n) is 2.52. The lowest BCUT2D eigenvalue weighted by Crippen LogP contribution is -2.47. The number of ether oxygens (including phenoxy) is 1. The molecule has 0 aliphatic rings. The van der Waals surface area contributed by atoms with Crippen LogP contribution >= 0.6 is 0 Å². The Kier molecular flexibility index (Phi) is 6.87. The third-order valence-corrected chi connectivity index (χ3v) is 3.97. The van der Waals surface area contributed by atoms with Crippen molar-refractivity contribution in [2.75, 3.05) is 5.32 Å². The molecule has 27 heavy (non-hydrogen) atoms. The lowest BCUT2D eigenvalue weighted by Gasteiger charge is -2.22. The van der Waals surface area contributed by atoms with Crippen molar-refractivity contribution in [3.8, 4) is 5.75 Å². The average Bonchev–Trinajstić information content (AvgIpc) is 2.60. The molecule has 0 fully saturated rings. The van der Waals surface area contributed by atoms with Crippen LogP contribution in [0.4, 0.5) is 14.5 Å². The molecule has 0 radical (unpaired) electrons. The topological polar surface area (TPSA) is 67.4 Å². The monoisotopic (exact) mass is 376 g/mol. The zero-order valence-electron chi connectivity index (χ0n) is 15.3. The number of rotatable bonds is 7. The molecule has 0 aliphatic carbocycles. The third kappa shape index (κ3) is 5.77. The number of nitrogens with one attached hydrogen (secondary N) is 2. The number of anilines is 1. The Labute approximate surface area is 156 Å². The van der Waals surface area contributed by atoms with Crippen molar-refractivity contribution in [2.45, 2.75) is 33.4 Å². The van der Waals surface area contributed by atoms with E-state index in [1.54, 1.807) is 12.1 Å². The summed E-state index contributed by atoms with van der Waals surface area (Å²) in [6.45, 7) is 2.55. The second kappa shape index (κ2) is 9.12. The van der Waals surface area contributed by atoms with Crippen LogP contribution in [0.3, 0.4) is 0 Å². The maximum Gasteiger partial charge on any atom is 0.387 e. The van der Waals surface area contributed by atoms with Crippen LogP contribution in [0.5, 0.6) is 5.75 Å². The minimum Gasteiger partial charge on any atom is -0.435 e. The molecule has 2 amide bonds. The summed E-state index contributed by atoms with van der Waals surface area (Å²) < 4.78 is 28.6. The standard InChI is InChI=1S/C20H22F2N2O3/c1-12(2)17(24-18(25)16-7-5-4-6-13(16)3)19(26)23-14-8-10-15(11-9-14)27-20(21)22/h4-12,17,20H,1-3H3,(H,23,26)(H,24,25). The number of hydrogen-bond acceptors (Lipinski definition) is 3. The van der Waals surface area contributed by atoms with Gasteiger partial charge in [-0.25, -0.2) is 0 Å². The van der Waals surface area contributed by atoms with Crippen molar-refractivity contribution >= 4 is 17.5 Å². The molecule has 0 spiro atoms. The number of aryl methyl sites for hydroxylation is 1. The van der Waals surface area contributed by atoms with Gasteiger partial charge in [0.25, 0.3) is 5.91 Å². The molecule has 7 heteroatoms. The largest absolute Gasteiger partial charge is 0.435 e. The highest BCUT2D eigenvalue weighted by atomic mass is 19.3. The molecule has 144 valence electrons. The fraction of sp³-hybridized carbons (Fsp3) is 0.300. The maximum atomic E-state index is 12.6. The van der Waals surface area contributed by atoms with Crippen molar-refractivity contribution in [2.24, 2.45) is 5.92 Å². The van der Waals surface area contributed by atoms with E-state index in [1.165, 1.54) is 24.3 Å². The second-order valence-corrected chi connectivity index (χ2v) is 6.40. The van der Waals surface area contributed by atoms with Gasteiger partial charge in [0.2, 0.25) is 5.91 Å². The molecule has 2 aromatic rings. The van der Waals surface area contributed by atoms with Gasteiger partial charge in [-0.2, -0.15) is 8.78 Å². The van der Waals surface area contributed by atoms with Gasteiger partial charge in [0.05, 0.1) is 0 Å². The molecule has 0 heterocycles. The number of alkyl halides is 2. The van der Waals surface area contributed by atoms with Gasteiger partial charge in [-0.15, -0.1) is 0 Å². The van der Waals surface area contributed by atoms with Gasteiger partial charge >= 0.3 is 6.61 Å². The Bertz CT molecular complexity index is 792. The van der Waals surface area contributed by atoms with Gasteiger partial charge in [0.1, 0.15) is 11.8 Å². The number of carbonyl (C=O) groups is 2. The molecule has 0 aliphatic heterocycles. The number of amides is 2. The Morgan fingerprint density at radius 3 is 2.19 bits per heavy atom. The van der Waals surface area contributed by atoms with Gasteiger partial charge in [0.15, 0.2) is 0 Å². The van der Waals surface area contributed by atoms with Gasteiger partial charge in [-0.1, -0.05) is 32.0 Å². The van der Waals surface area contributed by atoms with Crippen molar-refractivity contribution in [3.63, 3.8) is 0 Å². The fourth-order valence-corrected chi connectivity index (χ4v) is 2.52. The van der Waals surface area contributed by atoms with E-state index in [4.69, 9.17) is 0 Å². The van der Waals surface area contributed by atoms with Crippen LogP contribution in [-0.2, 0) is 4.79 Å². The van der Waals surface area contributed by atoms with E-state index in [0.29, 0.717) is 11.3 Å². The molecule has 0 bridgehead atoms. The van der Waals surface area contributed by atoms with E-state index in [0.717, 1.165) is 5.56 Å². The predicted octanol–water partition coefficient (Wildman–Crippen LogP) is 3.99. The summed E-state index contributed by atoms with van der Waals surface area (Å²) in [4.78, 5) is 25.1. The number of halogens is 2. The summed E-state index contributed by atoms with van der Waals surface area (Å²) in [5, 5.41) is 5.43. The normalized spacial score (nSPS) is 12.0.